The highest BCUT2D eigenvalue weighted by molar-refractivity contribution is 5.98. The Bertz CT molecular complexity index is 939. The number of hydrogen-bond donors (Lipinski definition) is 2. The molecule has 0 saturated carbocycles. The monoisotopic (exact) mass is 412 g/mol. The van der Waals surface area contributed by atoms with Gasteiger partial charge in [0.2, 0.25) is 0 Å². The molecule has 0 aliphatic rings. The van der Waals surface area contributed by atoms with E-state index in [1.165, 1.54) is 26.3 Å². The maximum absolute atomic E-state index is 12.0. The Labute approximate surface area is 174 Å². The molecule has 0 atom stereocenters. The molecule has 2 rings (SSSR count). The van der Waals surface area contributed by atoms with Gasteiger partial charge in [-0.3, -0.25) is 9.59 Å². The number of carbonyl (C=O) groups is 3. The van der Waals surface area contributed by atoms with Gasteiger partial charge < -0.3 is 24.8 Å². The molecule has 0 spiro atoms. The average molecular weight is 412 g/mol. The Kier molecular flexibility index (Phi) is 8.43. The van der Waals surface area contributed by atoms with Crippen LogP contribution in [0.3, 0.4) is 0 Å². The van der Waals surface area contributed by atoms with Crippen molar-refractivity contribution in [3.05, 3.63) is 59.7 Å². The lowest BCUT2D eigenvalue weighted by molar-refractivity contribution is -0.142. The van der Waals surface area contributed by atoms with Crippen LogP contribution in [0.4, 0.5) is 5.69 Å². The van der Waals surface area contributed by atoms with E-state index in [9.17, 15) is 14.4 Å². The molecule has 0 heterocycles. The molecule has 0 radical (unpaired) electrons. The second-order valence-corrected chi connectivity index (χ2v) is 5.99. The van der Waals surface area contributed by atoms with Gasteiger partial charge in [-0.05, 0) is 48.9 Å². The SMILES string of the molecule is CCOc1ccc(/C=C/C(=O)OCC(=O)Nc2cccc(C(=O)NC)c2)cc1OC. The largest absolute Gasteiger partial charge is 0.493 e. The molecule has 2 aromatic rings. The van der Waals surface area contributed by atoms with Gasteiger partial charge >= 0.3 is 5.97 Å². The van der Waals surface area contributed by atoms with E-state index in [2.05, 4.69) is 10.6 Å². The van der Waals surface area contributed by atoms with Crippen molar-refractivity contribution in [2.24, 2.45) is 0 Å². The topological polar surface area (TPSA) is 103 Å². The average Bonchev–Trinajstić information content (AvgIpc) is 2.76. The van der Waals surface area contributed by atoms with Crippen LogP contribution in [0.15, 0.2) is 48.5 Å². The quantitative estimate of drug-likeness (QED) is 0.485. The molecule has 30 heavy (non-hydrogen) atoms. The number of methoxy groups -OCH3 is 1. The van der Waals surface area contributed by atoms with Crippen molar-refractivity contribution in [1.29, 1.82) is 0 Å². The fourth-order valence-corrected chi connectivity index (χ4v) is 2.49. The molecule has 2 N–H and O–H groups in total. The van der Waals surface area contributed by atoms with E-state index in [1.54, 1.807) is 42.5 Å². The summed E-state index contributed by atoms with van der Waals surface area (Å²) in [6.45, 7) is 1.92. The molecule has 2 amide bonds. The lowest BCUT2D eigenvalue weighted by Gasteiger charge is -2.09. The van der Waals surface area contributed by atoms with Crippen molar-refractivity contribution < 1.29 is 28.6 Å². The third kappa shape index (κ3) is 6.66. The number of hydrogen-bond acceptors (Lipinski definition) is 6. The minimum absolute atomic E-state index is 0.270. The number of ether oxygens (including phenoxy) is 3. The van der Waals surface area contributed by atoms with Gasteiger partial charge in [0, 0.05) is 24.4 Å². The highest BCUT2D eigenvalue weighted by Gasteiger charge is 2.09. The molecule has 8 heteroatoms. The summed E-state index contributed by atoms with van der Waals surface area (Å²) in [5.41, 5.74) is 1.54. The van der Waals surface area contributed by atoms with Gasteiger partial charge in [-0.2, -0.15) is 0 Å². The summed E-state index contributed by atoms with van der Waals surface area (Å²) < 4.78 is 15.6. The maximum atomic E-state index is 12.0. The number of nitrogens with one attached hydrogen (secondary N) is 2. The number of rotatable bonds is 9. The summed E-state index contributed by atoms with van der Waals surface area (Å²) in [5, 5.41) is 5.08. The Morgan fingerprint density at radius 2 is 1.87 bits per heavy atom. The molecule has 2 aromatic carbocycles. The van der Waals surface area contributed by atoms with E-state index in [-0.39, 0.29) is 5.91 Å². The molecular weight excluding hydrogens is 388 g/mol. The van der Waals surface area contributed by atoms with Crippen molar-refractivity contribution in [2.45, 2.75) is 6.92 Å². The molecule has 0 fully saturated rings. The van der Waals surface area contributed by atoms with E-state index in [0.29, 0.717) is 34.9 Å². The lowest BCUT2D eigenvalue weighted by Crippen LogP contribution is -2.21. The molecule has 8 nitrogen and oxygen atoms in total. The first-order valence-corrected chi connectivity index (χ1v) is 9.24. The number of anilines is 1. The Morgan fingerprint density at radius 1 is 1.07 bits per heavy atom. The summed E-state index contributed by atoms with van der Waals surface area (Å²) in [7, 11) is 3.05. The Balaban J connectivity index is 1.88. The van der Waals surface area contributed by atoms with Gasteiger partial charge in [0.05, 0.1) is 13.7 Å². The molecule has 0 saturated heterocycles. The van der Waals surface area contributed by atoms with E-state index >= 15 is 0 Å². The summed E-state index contributed by atoms with van der Waals surface area (Å²) in [4.78, 5) is 35.5. The van der Waals surface area contributed by atoms with Crippen LogP contribution < -0.4 is 20.1 Å². The second-order valence-electron chi connectivity index (χ2n) is 5.99. The van der Waals surface area contributed by atoms with E-state index in [0.717, 1.165) is 0 Å². The smallest absolute Gasteiger partial charge is 0.331 e. The van der Waals surface area contributed by atoms with E-state index in [1.807, 2.05) is 6.92 Å². The van der Waals surface area contributed by atoms with Crippen molar-refractivity contribution in [1.82, 2.24) is 5.32 Å². The highest BCUT2D eigenvalue weighted by Crippen LogP contribution is 2.28. The van der Waals surface area contributed by atoms with Crippen molar-refractivity contribution in [3.63, 3.8) is 0 Å². The van der Waals surface area contributed by atoms with Gasteiger partial charge in [-0.1, -0.05) is 12.1 Å². The molecule has 0 aromatic heterocycles. The number of carbonyl (C=O) groups excluding carboxylic acids is 3. The number of amides is 2. The summed E-state index contributed by atoms with van der Waals surface area (Å²) in [6.07, 6.45) is 2.76. The molecule has 0 aliphatic heterocycles. The minimum Gasteiger partial charge on any atom is -0.493 e. The highest BCUT2D eigenvalue weighted by atomic mass is 16.5. The summed E-state index contributed by atoms with van der Waals surface area (Å²) in [5.74, 6) is -0.304. The maximum Gasteiger partial charge on any atom is 0.331 e. The number of esters is 1. The van der Waals surface area contributed by atoms with Crippen LogP contribution in [-0.4, -0.2) is 45.2 Å². The van der Waals surface area contributed by atoms with Crippen LogP contribution in [0.1, 0.15) is 22.8 Å². The number of benzene rings is 2. The van der Waals surface area contributed by atoms with Crippen LogP contribution in [0.25, 0.3) is 6.08 Å². The molecular formula is C22H24N2O6. The molecule has 0 aliphatic carbocycles. The third-order valence-electron chi connectivity index (χ3n) is 3.88. The Hall–Kier alpha value is -3.81. The zero-order valence-electron chi connectivity index (χ0n) is 17.1. The zero-order valence-corrected chi connectivity index (χ0v) is 17.1. The minimum atomic E-state index is -0.669. The van der Waals surface area contributed by atoms with Crippen LogP contribution in [-0.2, 0) is 14.3 Å². The summed E-state index contributed by atoms with van der Waals surface area (Å²) >= 11 is 0. The van der Waals surface area contributed by atoms with Gasteiger partial charge in [-0.15, -0.1) is 0 Å². The van der Waals surface area contributed by atoms with Gasteiger partial charge in [0.25, 0.3) is 11.8 Å². The first-order valence-electron chi connectivity index (χ1n) is 9.24. The van der Waals surface area contributed by atoms with E-state index < -0.39 is 18.5 Å². The van der Waals surface area contributed by atoms with Crippen molar-refractivity contribution in [2.75, 3.05) is 32.7 Å². The van der Waals surface area contributed by atoms with Gasteiger partial charge in [-0.25, -0.2) is 4.79 Å². The van der Waals surface area contributed by atoms with E-state index in [4.69, 9.17) is 14.2 Å². The predicted octanol–water partition coefficient (Wildman–Crippen LogP) is 2.65. The fraction of sp³-hybridized carbons (Fsp3) is 0.227. The molecule has 0 unspecified atom stereocenters. The van der Waals surface area contributed by atoms with Crippen molar-refractivity contribution >= 4 is 29.5 Å². The van der Waals surface area contributed by atoms with Gasteiger partial charge in [0.15, 0.2) is 18.1 Å². The third-order valence-corrected chi connectivity index (χ3v) is 3.88. The van der Waals surface area contributed by atoms with Crippen LogP contribution in [0.2, 0.25) is 0 Å². The van der Waals surface area contributed by atoms with Gasteiger partial charge in [0.1, 0.15) is 0 Å². The molecule has 158 valence electrons. The predicted molar refractivity (Wildman–Crippen MR) is 113 cm³/mol. The first kappa shape index (κ1) is 22.5. The normalized spacial score (nSPS) is 10.4. The zero-order chi connectivity index (χ0) is 21.9. The first-order chi connectivity index (χ1) is 14.5. The fourth-order valence-electron chi connectivity index (χ4n) is 2.49. The van der Waals surface area contributed by atoms with Crippen LogP contribution >= 0.6 is 0 Å². The Morgan fingerprint density at radius 3 is 2.57 bits per heavy atom. The molecule has 0 bridgehead atoms. The lowest BCUT2D eigenvalue weighted by atomic mass is 10.2. The summed E-state index contributed by atoms with van der Waals surface area (Å²) in [6, 6.07) is 11.6. The van der Waals surface area contributed by atoms with Crippen molar-refractivity contribution in [3.8, 4) is 11.5 Å². The standard InChI is InChI=1S/C22H24N2O6/c1-4-29-18-10-8-15(12-19(18)28-3)9-11-21(26)30-14-20(25)24-17-7-5-6-16(13-17)22(27)23-2/h5-13H,4,14H2,1-3H3,(H,23,27)(H,24,25)/b11-9+. The van der Waals surface area contributed by atoms with Crippen LogP contribution in [0.5, 0.6) is 11.5 Å². The van der Waals surface area contributed by atoms with Crippen LogP contribution in [0, 0.1) is 0 Å². The second kappa shape index (κ2) is 11.3.